The third-order valence-corrected chi connectivity index (χ3v) is 2.65. The largest absolute Gasteiger partial charge is 0.343 e. The second-order valence-electron chi connectivity index (χ2n) is 5.40. The molecule has 4 heteroatoms. The van der Waals surface area contributed by atoms with Crippen LogP contribution < -0.4 is 5.32 Å². The average molecular weight is 244 g/mol. The minimum Gasteiger partial charge on any atom is -0.343 e. The van der Waals surface area contributed by atoms with Crippen LogP contribution in [0, 0.1) is 0 Å². The Morgan fingerprint density at radius 1 is 1.17 bits per heavy atom. The second kappa shape index (κ2) is 5.31. The fraction of sp³-hybridized carbons (Fsp3) is 0.429. The predicted molar refractivity (Wildman–Crippen MR) is 72.2 cm³/mol. The maximum absolute atomic E-state index is 4.25. The van der Waals surface area contributed by atoms with Gasteiger partial charge in [-0.15, -0.1) is 0 Å². The zero-order valence-corrected chi connectivity index (χ0v) is 11.2. The number of rotatable bonds is 4. The quantitative estimate of drug-likeness (QED) is 0.896. The Morgan fingerprint density at radius 3 is 2.56 bits per heavy atom. The molecule has 1 N–H and O–H groups in total. The average Bonchev–Trinajstić information content (AvgIpc) is 2.74. The van der Waals surface area contributed by atoms with Gasteiger partial charge in [0.2, 0.25) is 0 Å². The zero-order chi connectivity index (χ0) is 13.0. The number of nitrogens with zero attached hydrogens (tertiary/aromatic N) is 3. The van der Waals surface area contributed by atoms with Crippen LogP contribution in [-0.4, -0.2) is 20.1 Å². The van der Waals surface area contributed by atoms with Crippen molar-refractivity contribution >= 4 is 0 Å². The van der Waals surface area contributed by atoms with Gasteiger partial charge in [-0.25, -0.2) is 9.97 Å². The summed E-state index contributed by atoms with van der Waals surface area (Å²) in [4.78, 5) is 8.50. The lowest BCUT2D eigenvalue weighted by Crippen LogP contribution is -2.35. The maximum Gasteiger partial charge on any atom is 0.147 e. The third kappa shape index (κ3) is 3.67. The SMILES string of the molecule is CC(C)(C)NCc1cccn1Cc1ncccn1. The molecule has 0 aliphatic rings. The monoisotopic (exact) mass is 244 g/mol. The van der Waals surface area contributed by atoms with E-state index in [1.165, 1.54) is 5.69 Å². The Balaban J connectivity index is 2.04. The van der Waals surface area contributed by atoms with Gasteiger partial charge in [0.1, 0.15) is 5.82 Å². The van der Waals surface area contributed by atoms with Crippen molar-refractivity contribution in [1.82, 2.24) is 19.9 Å². The molecule has 18 heavy (non-hydrogen) atoms. The number of aromatic nitrogens is 3. The minimum absolute atomic E-state index is 0.123. The molecule has 2 rings (SSSR count). The Labute approximate surface area is 108 Å². The van der Waals surface area contributed by atoms with E-state index in [1.54, 1.807) is 12.4 Å². The molecular formula is C14H20N4. The highest BCUT2D eigenvalue weighted by molar-refractivity contribution is 5.09. The van der Waals surface area contributed by atoms with Crippen LogP contribution in [0.1, 0.15) is 32.3 Å². The topological polar surface area (TPSA) is 42.7 Å². The van der Waals surface area contributed by atoms with Gasteiger partial charge in [-0.1, -0.05) is 0 Å². The van der Waals surface area contributed by atoms with Crippen LogP contribution in [-0.2, 0) is 13.1 Å². The van der Waals surface area contributed by atoms with Gasteiger partial charge in [0.15, 0.2) is 0 Å². The van der Waals surface area contributed by atoms with Crippen LogP contribution >= 0.6 is 0 Å². The predicted octanol–water partition coefficient (Wildman–Crippen LogP) is 2.21. The van der Waals surface area contributed by atoms with Crippen molar-refractivity contribution < 1.29 is 0 Å². The van der Waals surface area contributed by atoms with Crippen molar-refractivity contribution in [3.8, 4) is 0 Å². The molecule has 4 nitrogen and oxygen atoms in total. The molecule has 2 aromatic rings. The summed E-state index contributed by atoms with van der Waals surface area (Å²) >= 11 is 0. The van der Waals surface area contributed by atoms with E-state index in [0.29, 0.717) is 0 Å². The molecule has 0 saturated carbocycles. The van der Waals surface area contributed by atoms with Crippen LogP contribution in [0.3, 0.4) is 0 Å². The summed E-state index contributed by atoms with van der Waals surface area (Å²) in [7, 11) is 0. The molecule has 0 saturated heterocycles. The van der Waals surface area contributed by atoms with E-state index in [9.17, 15) is 0 Å². The molecule has 0 bridgehead atoms. The Bertz CT molecular complexity index is 482. The summed E-state index contributed by atoms with van der Waals surface area (Å²) in [5.74, 6) is 0.839. The Kier molecular flexibility index (Phi) is 3.77. The van der Waals surface area contributed by atoms with Gasteiger partial charge in [0, 0.05) is 36.4 Å². The van der Waals surface area contributed by atoms with Gasteiger partial charge in [-0.2, -0.15) is 0 Å². The van der Waals surface area contributed by atoms with E-state index in [2.05, 4.69) is 59.0 Å². The van der Waals surface area contributed by atoms with Crippen molar-refractivity contribution in [3.05, 3.63) is 48.3 Å². The first-order valence-corrected chi connectivity index (χ1v) is 6.19. The summed E-state index contributed by atoms with van der Waals surface area (Å²) in [6.07, 6.45) is 5.62. The molecule has 2 heterocycles. The first-order chi connectivity index (χ1) is 8.54. The van der Waals surface area contributed by atoms with Crippen molar-refractivity contribution in [2.75, 3.05) is 0 Å². The van der Waals surface area contributed by atoms with Crippen molar-refractivity contribution in [3.63, 3.8) is 0 Å². The molecular weight excluding hydrogens is 224 g/mol. The first kappa shape index (κ1) is 12.8. The third-order valence-electron chi connectivity index (χ3n) is 2.65. The standard InChI is InChI=1S/C14H20N4/c1-14(2,3)17-10-12-6-4-9-18(12)11-13-15-7-5-8-16-13/h4-9,17H,10-11H2,1-3H3. The van der Waals surface area contributed by atoms with Gasteiger partial charge in [-0.3, -0.25) is 0 Å². The van der Waals surface area contributed by atoms with Gasteiger partial charge < -0.3 is 9.88 Å². The fourth-order valence-electron chi connectivity index (χ4n) is 1.68. The summed E-state index contributed by atoms with van der Waals surface area (Å²) in [5.41, 5.74) is 1.37. The molecule has 0 aliphatic heterocycles. The Morgan fingerprint density at radius 2 is 1.89 bits per heavy atom. The normalized spacial score (nSPS) is 11.7. The first-order valence-electron chi connectivity index (χ1n) is 6.19. The van der Waals surface area contributed by atoms with E-state index in [-0.39, 0.29) is 5.54 Å². The molecule has 0 spiro atoms. The number of hydrogen-bond donors (Lipinski definition) is 1. The van der Waals surface area contributed by atoms with E-state index in [4.69, 9.17) is 0 Å². The summed E-state index contributed by atoms with van der Waals surface area (Å²) < 4.78 is 2.17. The summed E-state index contributed by atoms with van der Waals surface area (Å²) in [6.45, 7) is 8.07. The molecule has 2 aromatic heterocycles. The highest BCUT2D eigenvalue weighted by Crippen LogP contribution is 2.07. The molecule has 0 aliphatic carbocycles. The molecule has 0 atom stereocenters. The van der Waals surface area contributed by atoms with Crippen molar-refractivity contribution in [2.45, 2.75) is 39.4 Å². The lowest BCUT2D eigenvalue weighted by Gasteiger charge is -2.21. The van der Waals surface area contributed by atoms with Crippen LogP contribution in [0.25, 0.3) is 0 Å². The fourth-order valence-corrected chi connectivity index (χ4v) is 1.68. The van der Waals surface area contributed by atoms with E-state index in [0.717, 1.165) is 18.9 Å². The minimum atomic E-state index is 0.123. The molecule has 96 valence electrons. The van der Waals surface area contributed by atoms with Gasteiger partial charge in [0.05, 0.1) is 6.54 Å². The van der Waals surface area contributed by atoms with E-state index < -0.39 is 0 Å². The molecule has 0 radical (unpaired) electrons. The van der Waals surface area contributed by atoms with Gasteiger partial charge >= 0.3 is 0 Å². The molecule has 0 amide bonds. The molecule has 0 unspecified atom stereocenters. The van der Waals surface area contributed by atoms with Gasteiger partial charge in [-0.05, 0) is 39.0 Å². The van der Waals surface area contributed by atoms with Crippen LogP contribution in [0.2, 0.25) is 0 Å². The van der Waals surface area contributed by atoms with Crippen LogP contribution in [0.5, 0.6) is 0 Å². The smallest absolute Gasteiger partial charge is 0.147 e. The Hall–Kier alpha value is -1.68. The lowest BCUT2D eigenvalue weighted by molar-refractivity contribution is 0.416. The molecule has 0 fully saturated rings. The van der Waals surface area contributed by atoms with Crippen LogP contribution in [0.4, 0.5) is 0 Å². The van der Waals surface area contributed by atoms with Gasteiger partial charge in [0.25, 0.3) is 0 Å². The maximum atomic E-state index is 4.25. The number of hydrogen-bond acceptors (Lipinski definition) is 3. The highest BCUT2D eigenvalue weighted by Gasteiger charge is 2.10. The zero-order valence-electron chi connectivity index (χ0n) is 11.2. The highest BCUT2D eigenvalue weighted by atomic mass is 15.1. The lowest BCUT2D eigenvalue weighted by atomic mass is 10.1. The summed E-state index contributed by atoms with van der Waals surface area (Å²) in [6, 6.07) is 6.02. The van der Waals surface area contributed by atoms with Crippen LogP contribution in [0.15, 0.2) is 36.8 Å². The van der Waals surface area contributed by atoms with Crippen molar-refractivity contribution in [2.24, 2.45) is 0 Å². The molecule has 0 aromatic carbocycles. The summed E-state index contributed by atoms with van der Waals surface area (Å²) in [5, 5.41) is 3.49. The van der Waals surface area contributed by atoms with E-state index in [1.807, 2.05) is 6.07 Å². The second-order valence-corrected chi connectivity index (χ2v) is 5.40. The van der Waals surface area contributed by atoms with Crippen molar-refractivity contribution in [1.29, 1.82) is 0 Å². The van der Waals surface area contributed by atoms with E-state index >= 15 is 0 Å². The number of nitrogens with one attached hydrogen (secondary N) is 1.